The van der Waals surface area contributed by atoms with E-state index in [9.17, 15) is 4.79 Å². The number of carbonyl (C=O) groups excluding carboxylic acids is 1. The predicted octanol–water partition coefficient (Wildman–Crippen LogP) is 2.91. The van der Waals surface area contributed by atoms with Crippen molar-refractivity contribution in [1.82, 2.24) is 15.2 Å². The van der Waals surface area contributed by atoms with Crippen LogP contribution in [0.2, 0.25) is 5.02 Å². The Kier molecular flexibility index (Phi) is 4.41. The van der Waals surface area contributed by atoms with Crippen LogP contribution in [0.3, 0.4) is 0 Å². The zero-order valence-electron chi connectivity index (χ0n) is 12.4. The van der Waals surface area contributed by atoms with Gasteiger partial charge in [-0.25, -0.2) is 0 Å². The highest BCUT2D eigenvalue weighted by Gasteiger charge is 2.34. The minimum absolute atomic E-state index is 0.0540. The average Bonchev–Trinajstić information content (AvgIpc) is 2.90. The van der Waals surface area contributed by atoms with Crippen LogP contribution in [0.1, 0.15) is 28.4 Å². The van der Waals surface area contributed by atoms with Crippen LogP contribution in [0, 0.1) is 0 Å². The summed E-state index contributed by atoms with van der Waals surface area (Å²) in [5, 5.41) is 3.87. The number of carbonyl (C=O) groups is 1. The van der Waals surface area contributed by atoms with Crippen LogP contribution in [-0.4, -0.2) is 35.4 Å². The molecule has 1 amide bonds. The minimum Gasteiger partial charge on any atom is -0.347 e. The summed E-state index contributed by atoms with van der Waals surface area (Å²) in [7, 11) is 2.08. The van der Waals surface area contributed by atoms with Gasteiger partial charge in [0.05, 0.1) is 12.1 Å². The molecular formula is C17H18ClN3O. The van der Waals surface area contributed by atoms with Gasteiger partial charge in [-0.1, -0.05) is 23.7 Å². The van der Waals surface area contributed by atoms with Gasteiger partial charge in [-0.05, 0) is 43.3 Å². The number of nitrogens with zero attached hydrogens (tertiary/aromatic N) is 2. The Morgan fingerprint density at radius 3 is 2.59 bits per heavy atom. The summed E-state index contributed by atoms with van der Waals surface area (Å²) >= 11 is 5.97. The van der Waals surface area contributed by atoms with Gasteiger partial charge in [-0.2, -0.15) is 0 Å². The first kappa shape index (κ1) is 15.0. The van der Waals surface area contributed by atoms with E-state index in [0.717, 1.165) is 18.0 Å². The SMILES string of the molecule is CN1CCC(NC(=O)c2ccncc2)C1c1ccc(Cl)cc1. The Labute approximate surface area is 135 Å². The normalized spacial score (nSPS) is 21.7. The lowest BCUT2D eigenvalue weighted by atomic mass is 10.00. The van der Waals surface area contributed by atoms with Crippen LogP contribution in [0.15, 0.2) is 48.8 Å². The molecule has 1 aliphatic rings. The number of rotatable bonds is 3. The second kappa shape index (κ2) is 6.46. The summed E-state index contributed by atoms with van der Waals surface area (Å²) < 4.78 is 0. The zero-order chi connectivity index (χ0) is 15.5. The molecule has 1 aromatic carbocycles. The molecule has 1 N–H and O–H groups in total. The molecule has 0 radical (unpaired) electrons. The molecule has 1 aliphatic heterocycles. The predicted molar refractivity (Wildman–Crippen MR) is 86.9 cm³/mol. The molecule has 3 rings (SSSR count). The molecule has 1 fully saturated rings. The number of hydrogen-bond acceptors (Lipinski definition) is 3. The Morgan fingerprint density at radius 2 is 1.91 bits per heavy atom. The molecule has 2 unspecified atom stereocenters. The number of halogens is 1. The first-order valence-electron chi connectivity index (χ1n) is 7.32. The molecular weight excluding hydrogens is 298 g/mol. The summed E-state index contributed by atoms with van der Waals surface area (Å²) in [6, 6.07) is 11.6. The number of benzene rings is 1. The third kappa shape index (κ3) is 3.13. The van der Waals surface area contributed by atoms with Crippen LogP contribution in [0.5, 0.6) is 0 Å². The molecule has 0 spiro atoms. The second-order valence-electron chi connectivity index (χ2n) is 5.58. The molecule has 1 aromatic heterocycles. The van der Waals surface area contributed by atoms with E-state index in [-0.39, 0.29) is 18.0 Å². The second-order valence-corrected chi connectivity index (χ2v) is 6.02. The van der Waals surface area contributed by atoms with Gasteiger partial charge in [0.1, 0.15) is 0 Å². The fourth-order valence-electron chi connectivity index (χ4n) is 3.00. The highest BCUT2D eigenvalue weighted by molar-refractivity contribution is 6.30. The molecule has 0 bridgehead atoms. The summed E-state index contributed by atoms with van der Waals surface area (Å²) in [6.45, 7) is 0.953. The third-order valence-corrected chi connectivity index (χ3v) is 4.37. The lowest BCUT2D eigenvalue weighted by Crippen LogP contribution is -2.38. The number of pyridine rings is 1. The van der Waals surface area contributed by atoms with Crippen molar-refractivity contribution in [3.8, 4) is 0 Å². The first-order valence-corrected chi connectivity index (χ1v) is 7.69. The summed E-state index contributed by atoms with van der Waals surface area (Å²) in [4.78, 5) is 18.6. The summed E-state index contributed by atoms with van der Waals surface area (Å²) in [5.41, 5.74) is 1.81. The van der Waals surface area contributed by atoms with Crippen molar-refractivity contribution in [2.45, 2.75) is 18.5 Å². The molecule has 0 aliphatic carbocycles. The van der Waals surface area contributed by atoms with Gasteiger partial charge in [0.2, 0.25) is 0 Å². The maximum atomic E-state index is 12.4. The molecule has 1 saturated heterocycles. The van der Waals surface area contributed by atoms with E-state index >= 15 is 0 Å². The van der Waals surface area contributed by atoms with Gasteiger partial charge in [-0.3, -0.25) is 14.7 Å². The average molecular weight is 316 g/mol. The van der Waals surface area contributed by atoms with Gasteiger partial charge in [0.15, 0.2) is 0 Å². The van der Waals surface area contributed by atoms with Gasteiger partial charge in [0.25, 0.3) is 5.91 Å². The Hall–Kier alpha value is -1.91. The van der Waals surface area contributed by atoms with E-state index < -0.39 is 0 Å². The molecule has 0 saturated carbocycles. The lowest BCUT2D eigenvalue weighted by Gasteiger charge is -2.26. The monoisotopic (exact) mass is 315 g/mol. The van der Waals surface area contributed by atoms with E-state index in [1.807, 2.05) is 24.3 Å². The third-order valence-electron chi connectivity index (χ3n) is 4.12. The van der Waals surface area contributed by atoms with Crippen LogP contribution in [0.4, 0.5) is 0 Å². The maximum Gasteiger partial charge on any atom is 0.251 e. The quantitative estimate of drug-likeness (QED) is 0.947. The van der Waals surface area contributed by atoms with Gasteiger partial charge >= 0.3 is 0 Å². The fourth-order valence-corrected chi connectivity index (χ4v) is 3.13. The van der Waals surface area contributed by atoms with Crippen molar-refractivity contribution in [3.05, 3.63) is 64.9 Å². The number of amides is 1. The van der Waals surface area contributed by atoms with Crippen molar-refractivity contribution < 1.29 is 4.79 Å². The standard InChI is InChI=1S/C17H18ClN3O/c1-21-11-8-15(16(21)12-2-4-14(18)5-3-12)20-17(22)13-6-9-19-10-7-13/h2-7,9-10,15-16H,8,11H2,1H3,(H,20,22). The zero-order valence-corrected chi connectivity index (χ0v) is 13.1. The summed E-state index contributed by atoms with van der Waals surface area (Å²) in [5.74, 6) is -0.0540. The summed E-state index contributed by atoms with van der Waals surface area (Å²) in [6.07, 6.45) is 4.19. The van der Waals surface area contributed by atoms with Crippen molar-refractivity contribution in [3.63, 3.8) is 0 Å². The molecule has 114 valence electrons. The van der Waals surface area contributed by atoms with Crippen LogP contribution >= 0.6 is 11.6 Å². The molecule has 4 nitrogen and oxygen atoms in total. The number of aromatic nitrogens is 1. The highest BCUT2D eigenvalue weighted by atomic mass is 35.5. The molecule has 22 heavy (non-hydrogen) atoms. The Balaban J connectivity index is 1.77. The van der Waals surface area contributed by atoms with E-state index in [2.05, 4.69) is 22.2 Å². The number of likely N-dealkylation sites (tertiary alicyclic amines) is 1. The van der Waals surface area contributed by atoms with Gasteiger partial charge < -0.3 is 5.32 Å². The van der Waals surface area contributed by atoms with Gasteiger partial charge in [-0.15, -0.1) is 0 Å². The van der Waals surface area contributed by atoms with E-state index in [1.165, 1.54) is 5.56 Å². The highest BCUT2D eigenvalue weighted by Crippen LogP contribution is 2.31. The molecule has 2 aromatic rings. The van der Waals surface area contributed by atoms with Crippen LogP contribution < -0.4 is 5.32 Å². The van der Waals surface area contributed by atoms with Crippen LogP contribution in [0.25, 0.3) is 0 Å². The van der Waals surface area contributed by atoms with Crippen molar-refractivity contribution in [1.29, 1.82) is 0 Å². The lowest BCUT2D eigenvalue weighted by molar-refractivity contribution is 0.0927. The number of likely N-dealkylation sites (N-methyl/N-ethyl adjacent to an activating group) is 1. The Morgan fingerprint density at radius 1 is 1.23 bits per heavy atom. The molecule has 2 heterocycles. The largest absolute Gasteiger partial charge is 0.347 e. The number of nitrogens with one attached hydrogen (secondary N) is 1. The topological polar surface area (TPSA) is 45.2 Å². The fraction of sp³-hybridized carbons (Fsp3) is 0.294. The Bertz CT molecular complexity index is 645. The van der Waals surface area contributed by atoms with E-state index in [0.29, 0.717) is 5.56 Å². The van der Waals surface area contributed by atoms with E-state index in [1.54, 1.807) is 24.5 Å². The number of hydrogen-bond donors (Lipinski definition) is 1. The molecule has 5 heteroatoms. The maximum absolute atomic E-state index is 12.4. The van der Waals surface area contributed by atoms with Crippen molar-refractivity contribution >= 4 is 17.5 Å². The minimum atomic E-state index is -0.0540. The molecule has 2 atom stereocenters. The van der Waals surface area contributed by atoms with Crippen LogP contribution in [-0.2, 0) is 0 Å². The van der Waals surface area contributed by atoms with Crippen molar-refractivity contribution in [2.24, 2.45) is 0 Å². The smallest absolute Gasteiger partial charge is 0.251 e. The first-order chi connectivity index (χ1) is 10.6. The van der Waals surface area contributed by atoms with Gasteiger partial charge in [0, 0.05) is 29.5 Å². The van der Waals surface area contributed by atoms with E-state index in [4.69, 9.17) is 11.6 Å². The van der Waals surface area contributed by atoms with Crippen molar-refractivity contribution in [2.75, 3.05) is 13.6 Å².